The van der Waals surface area contributed by atoms with Crippen molar-refractivity contribution in [2.75, 3.05) is 6.54 Å². The van der Waals surface area contributed by atoms with Gasteiger partial charge in [0.1, 0.15) is 0 Å². The molecule has 1 fully saturated rings. The Morgan fingerprint density at radius 2 is 2.24 bits per heavy atom. The van der Waals surface area contributed by atoms with Crippen molar-refractivity contribution < 1.29 is 4.79 Å². The monoisotopic (exact) mass is 236 g/mol. The summed E-state index contributed by atoms with van der Waals surface area (Å²) < 4.78 is 1.90. The van der Waals surface area contributed by atoms with Crippen LogP contribution in [0.15, 0.2) is 0 Å². The molecule has 2 N–H and O–H groups in total. The van der Waals surface area contributed by atoms with Crippen LogP contribution in [0.5, 0.6) is 0 Å². The van der Waals surface area contributed by atoms with Gasteiger partial charge in [-0.25, -0.2) is 0 Å². The van der Waals surface area contributed by atoms with Gasteiger partial charge in [-0.2, -0.15) is 5.10 Å². The van der Waals surface area contributed by atoms with Gasteiger partial charge >= 0.3 is 0 Å². The van der Waals surface area contributed by atoms with Crippen LogP contribution in [0.1, 0.15) is 36.3 Å². The molecule has 0 bridgehead atoms. The lowest BCUT2D eigenvalue weighted by Crippen LogP contribution is -2.33. The standard InChI is InChI=1S/C12H20N4O/c1-7(14-10-5-11(17)13-6-10)12-8(2)15-16(4)9(12)3/h7,10,14H,5-6H2,1-4H3,(H,13,17). The first-order chi connectivity index (χ1) is 7.99. The summed E-state index contributed by atoms with van der Waals surface area (Å²) in [4.78, 5) is 11.1. The number of nitrogens with one attached hydrogen (secondary N) is 2. The van der Waals surface area contributed by atoms with Gasteiger partial charge in [-0.05, 0) is 20.8 Å². The van der Waals surface area contributed by atoms with E-state index < -0.39 is 0 Å². The fourth-order valence-corrected chi connectivity index (χ4v) is 2.58. The molecule has 5 nitrogen and oxygen atoms in total. The number of aryl methyl sites for hydroxylation is 2. The van der Waals surface area contributed by atoms with Gasteiger partial charge in [0.25, 0.3) is 0 Å². The summed E-state index contributed by atoms with van der Waals surface area (Å²) >= 11 is 0. The highest BCUT2D eigenvalue weighted by Gasteiger charge is 2.25. The SMILES string of the molecule is Cc1nn(C)c(C)c1C(C)NC1CNC(=O)C1. The van der Waals surface area contributed by atoms with Crippen LogP contribution in [0.2, 0.25) is 0 Å². The third-order valence-electron chi connectivity index (χ3n) is 3.46. The maximum atomic E-state index is 11.1. The summed E-state index contributed by atoms with van der Waals surface area (Å²) in [5.41, 5.74) is 3.48. The number of rotatable bonds is 3. The summed E-state index contributed by atoms with van der Waals surface area (Å²) in [6.07, 6.45) is 0.572. The first kappa shape index (κ1) is 12.1. The minimum absolute atomic E-state index is 0.134. The molecular weight excluding hydrogens is 216 g/mol. The van der Waals surface area contributed by atoms with Gasteiger partial charge in [0, 0.05) is 43.4 Å². The molecule has 2 atom stereocenters. The highest BCUT2D eigenvalue weighted by molar-refractivity contribution is 5.78. The number of hydrogen-bond acceptors (Lipinski definition) is 3. The van der Waals surface area contributed by atoms with Crippen LogP contribution in [-0.4, -0.2) is 28.3 Å². The summed E-state index contributed by atoms with van der Waals surface area (Å²) in [7, 11) is 1.96. The predicted molar refractivity (Wildman–Crippen MR) is 65.6 cm³/mol. The van der Waals surface area contributed by atoms with Crippen molar-refractivity contribution in [3.8, 4) is 0 Å². The van der Waals surface area contributed by atoms with E-state index in [-0.39, 0.29) is 18.0 Å². The molecule has 0 aromatic carbocycles. The predicted octanol–water partition coefficient (Wildman–Crippen LogP) is 0.576. The van der Waals surface area contributed by atoms with Crippen LogP contribution in [0.3, 0.4) is 0 Å². The molecule has 1 aliphatic rings. The molecule has 1 aromatic rings. The first-order valence-electron chi connectivity index (χ1n) is 6.02. The molecule has 0 spiro atoms. The molecule has 1 amide bonds. The number of nitrogens with zero attached hydrogens (tertiary/aromatic N) is 2. The van der Waals surface area contributed by atoms with Gasteiger partial charge < -0.3 is 10.6 Å². The van der Waals surface area contributed by atoms with Crippen molar-refractivity contribution in [1.29, 1.82) is 0 Å². The second-order valence-electron chi connectivity index (χ2n) is 4.80. The first-order valence-corrected chi connectivity index (χ1v) is 6.02. The van der Waals surface area contributed by atoms with E-state index >= 15 is 0 Å². The maximum Gasteiger partial charge on any atom is 0.221 e. The Kier molecular flexibility index (Phi) is 3.19. The minimum Gasteiger partial charge on any atom is -0.354 e. The largest absolute Gasteiger partial charge is 0.354 e. The quantitative estimate of drug-likeness (QED) is 0.807. The van der Waals surface area contributed by atoms with E-state index in [0.717, 1.165) is 12.2 Å². The van der Waals surface area contributed by atoms with E-state index in [4.69, 9.17) is 0 Å². The lowest BCUT2D eigenvalue weighted by Gasteiger charge is -2.18. The number of hydrogen-bond donors (Lipinski definition) is 2. The second kappa shape index (κ2) is 4.49. The molecule has 0 radical (unpaired) electrons. The average Bonchev–Trinajstić information content (AvgIpc) is 2.73. The molecule has 5 heteroatoms. The highest BCUT2D eigenvalue weighted by Crippen LogP contribution is 2.21. The summed E-state index contributed by atoms with van der Waals surface area (Å²) in [5.74, 6) is 0.134. The fourth-order valence-electron chi connectivity index (χ4n) is 2.58. The van der Waals surface area contributed by atoms with Crippen LogP contribution < -0.4 is 10.6 Å². The Balaban J connectivity index is 2.09. The Bertz CT molecular complexity index is 438. The van der Waals surface area contributed by atoms with Gasteiger partial charge in [0.2, 0.25) is 5.91 Å². The van der Waals surface area contributed by atoms with Crippen LogP contribution in [0.4, 0.5) is 0 Å². The number of carbonyl (C=O) groups excluding carboxylic acids is 1. The zero-order chi connectivity index (χ0) is 12.6. The van der Waals surface area contributed by atoms with Crippen molar-refractivity contribution in [1.82, 2.24) is 20.4 Å². The zero-order valence-corrected chi connectivity index (χ0v) is 10.9. The highest BCUT2D eigenvalue weighted by atomic mass is 16.1. The smallest absolute Gasteiger partial charge is 0.221 e. The van der Waals surface area contributed by atoms with Crippen molar-refractivity contribution in [3.05, 3.63) is 17.0 Å². The van der Waals surface area contributed by atoms with Gasteiger partial charge in [-0.15, -0.1) is 0 Å². The number of amides is 1. The Morgan fingerprint density at radius 3 is 2.71 bits per heavy atom. The number of aromatic nitrogens is 2. The molecule has 2 rings (SSSR count). The summed E-state index contributed by atoms with van der Waals surface area (Å²) in [6, 6.07) is 0.456. The molecular formula is C12H20N4O. The van der Waals surface area contributed by atoms with Gasteiger partial charge in [0.15, 0.2) is 0 Å². The second-order valence-corrected chi connectivity index (χ2v) is 4.80. The zero-order valence-electron chi connectivity index (χ0n) is 10.9. The summed E-state index contributed by atoms with van der Waals surface area (Å²) in [6.45, 7) is 6.95. The Labute approximate surface area is 102 Å². The lowest BCUT2D eigenvalue weighted by molar-refractivity contribution is -0.119. The maximum absolute atomic E-state index is 11.1. The summed E-state index contributed by atoms with van der Waals surface area (Å²) in [5, 5.41) is 10.7. The molecule has 17 heavy (non-hydrogen) atoms. The van der Waals surface area contributed by atoms with Crippen LogP contribution in [0.25, 0.3) is 0 Å². The van der Waals surface area contributed by atoms with Crippen LogP contribution in [-0.2, 0) is 11.8 Å². The van der Waals surface area contributed by atoms with E-state index in [1.54, 1.807) is 0 Å². The van der Waals surface area contributed by atoms with E-state index in [2.05, 4.69) is 29.6 Å². The molecule has 2 unspecified atom stereocenters. The van der Waals surface area contributed by atoms with E-state index in [0.29, 0.717) is 6.42 Å². The van der Waals surface area contributed by atoms with E-state index in [1.807, 2.05) is 18.7 Å². The van der Waals surface area contributed by atoms with Crippen molar-refractivity contribution in [3.63, 3.8) is 0 Å². The minimum atomic E-state index is 0.134. The third kappa shape index (κ3) is 2.34. The van der Waals surface area contributed by atoms with Gasteiger partial charge in [-0.1, -0.05) is 0 Å². The Morgan fingerprint density at radius 1 is 1.53 bits per heavy atom. The van der Waals surface area contributed by atoms with Crippen LogP contribution in [0, 0.1) is 13.8 Å². The van der Waals surface area contributed by atoms with Crippen molar-refractivity contribution in [2.24, 2.45) is 7.05 Å². The van der Waals surface area contributed by atoms with Crippen LogP contribution >= 0.6 is 0 Å². The molecule has 0 aliphatic carbocycles. The fraction of sp³-hybridized carbons (Fsp3) is 0.667. The normalized spacial score (nSPS) is 21.6. The molecule has 1 aromatic heterocycles. The van der Waals surface area contributed by atoms with E-state index in [9.17, 15) is 4.79 Å². The molecule has 0 saturated carbocycles. The van der Waals surface area contributed by atoms with Crippen molar-refractivity contribution in [2.45, 2.75) is 39.3 Å². The molecule has 1 aliphatic heterocycles. The molecule has 2 heterocycles. The van der Waals surface area contributed by atoms with Gasteiger partial charge in [0.05, 0.1) is 5.69 Å². The number of carbonyl (C=O) groups is 1. The topological polar surface area (TPSA) is 59.0 Å². The van der Waals surface area contributed by atoms with Crippen molar-refractivity contribution >= 4 is 5.91 Å². The molecule has 1 saturated heterocycles. The Hall–Kier alpha value is -1.36. The third-order valence-corrected chi connectivity index (χ3v) is 3.46. The average molecular weight is 236 g/mol. The lowest BCUT2D eigenvalue weighted by atomic mass is 10.1. The molecule has 94 valence electrons. The van der Waals surface area contributed by atoms with Gasteiger partial charge in [-0.3, -0.25) is 9.48 Å². The van der Waals surface area contributed by atoms with E-state index in [1.165, 1.54) is 11.3 Å².